The summed E-state index contributed by atoms with van der Waals surface area (Å²) in [6.07, 6.45) is 1.37. The minimum atomic E-state index is -3.66. The number of benzene rings is 1. The van der Waals surface area contributed by atoms with Gasteiger partial charge in [-0.2, -0.15) is 4.31 Å². The molecule has 0 saturated carbocycles. The molecule has 1 aliphatic rings. The van der Waals surface area contributed by atoms with Crippen LogP contribution in [0.15, 0.2) is 23.1 Å². The van der Waals surface area contributed by atoms with Gasteiger partial charge < -0.3 is 5.11 Å². The predicted octanol–water partition coefficient (Wildman–Crippen LogP) is 2.39. The molecule has 1 aromatic rings. The molecule has 19 heavy (non-hydrogen) atoms. The second-order valence-electron chi connectivity index (χ2n) is 4.58. The Balaban J connectivity index is 2.29. The molecule has 1 aliphatic heterocycles. The Hall–Kier alpha value is -0.330. The molecule has 0 radical (unpaired) electrons. The molecular formula is C12H15Cl2NO3S. The second-order valence-corrected chi connectivity index (χ2v) is 7.27. The van der Waals surface area contributed by atoms with Crippen molar-refractivity contribution in [1.82, 2.24) is 4.31 Å². The van der Waals surface area contributed by atoms with E-state index in [9.17, 15) is 8.42 Å². The SMILES string of the molecule is O=S(=O)(c1c(Cl)cccc1Cl)N1CCC(CCO)C1. The lowest BCUT2D eigenvalue weighted by Crippen LogP contribution is -2.29. The van der Waals surface area contributed by atoms with E-state index in [4.69, 9.17) is 28.3 Å². The second kappa shape index (κ2) is 5.97. The number of hydrogen-bond donors (Lipinski definition) is 1. The van der Waals surface area contributed by atoms with Gasteiger partial charge in [0.25, 0.3) is 0 Å². The Morgan fingerprint density at radius 1 is 1.32 bits per heavy atom. The minimum absolute atomic E-state index is 0.0250. The van der Waals surface area contributed by atoms with Gasteiger partial charge in [0.05, 0.1) is 10.0 Å². The summed E-state index contributed by atoms with van der Waals surface area (Å²) < 4.78 is 26.4. The molecule has 0 amide bonds. The van der Waals surface area contributed by atoms with Crippen molar-refractivity contribution in [2.24, 2.45) is 5.92 Å². The van der Waals surface area contributed by atoms with Gasteiger partial charge in [-0.1, -0.05) is 29.3 Å². The zero-order valence-corrected chi connectivity index (χ0v) is 12.5. The van der Waals surface area contributed by atoms with Crippen LogP contribution < -0.4 is 0 Å². The molecule has 7 heteroatoms. The van der Waals surface area contributed by atoms with E-state index < -0.39 is 10.0 Å². The number of rotatable bonds is 4. The van der Waals surface area contributed by atoms with Crippen LogP contribution in [0.25, 0.3) is 0 Å². The first-order valence-corrected chi connectivity index (χ1v) is 8.21. The number of aliphatic hydroxyl groups excluding tert-OH is 1. The summed E-state index contributed by atoms with van der Waals surface area (Å²) in [4.78, 5) is -0.0250. The Morgan fingerprint density at radius 3 is 2.53 bits per heavy atom. The highest BCUT2D eigenvalue weighted by molar-refractivity contribution is 7.89. The molecule has 0 aromatic heterocycles. The minimum Gasteiger partial charge on any atom is -0.396 e. The molecule has 106 valence electrons. The van der Waals surface area contributed by atoms with Crippen LogP contribution in [0.4, 0.5) is 0 Å². The van der Waals surface area contributed by atoms with E-state index in [1.165, 1.54) is 16.4 Å². The summed E-state index contributed by atoms with van der Waals surface area (Å²) in [5, 5.41) is 9.19. The fraction of sp³-hybridized carbons (Fsp3) is 0.500. The molecule has 1 atom stereocenters. The quantitative estimate of drug-likeness (QED) is 0.925. The molecular weight excluding hydrogens is 309 g/mol. The van der Waals surface area contributed by atoms with Crippen molar-refractivity contribution in [1.29, 1.82) is 0 Å². The Morgan fingerprint density at radius 2 is 1.95 bits per heavy atom. The van der Waals surface area contributed by atoms with E-state index in [1.54, 1.807) is 6.07 Å². The normalized spacial score (nSPS) is 20.9. The number of halogens is 2. The molecule has 4 nitrogen and oxygen atoms in total. The lowest BCUT2D eigenvalue weighted by molar-refractivity contribution is 0.259. The maximum Gasteiger partial charge on any atom is 0.246 e. The number of aliphatic hydroxyl groups is 1. The van der Waals surface area contributed by atoms with E-state index in [0.29, 0.717) is 19.5 Å². The van der Waals surface area contributed by atoms with Crippen molar-refractivity contribution < 1.29 is 13.5 Å². The van der Waals surface area contributed by atoms with Gasteiger partial charge in [0, 0.05) is 19.7 Å². The third-order valence-electron chi connectivity index (χ3n) is 3.30. The van der Waals surface area contributed by atoms with Crippen LogP contribution in [0.5, 0.6) is 0 Å². The van der Waals surface area contributed by atoms with Gasteiger partial charge in [-0.15, -0.1) is 0 Å². The molecule has 1 unspecified atom stereocenters. The van der Waals surface area contributed by atoms with Gasteiger partial charge in [0.2, 0.25) is 10.0 Å². The van der Waals surface area contributed by atoms with E-state index in [0.717, 1.165) is 6.42 Å². The van der Waals surface area contributed by atoms with Crippen LogP contribution in [0.1, 0.15) is 12.8 Å². The van der Waals surface area contributed by atoms with Crippen molar-refractivity contribution in [2.45, 2.75) is 17.7 Å². The molecule has 1 aromatic carbocycles. The summed E-state index contributed by atoms with van der Waals surface area (Å²) in [5.41, 5.74) is 0. The monoisotopic (exact) mass is 323 g/mol. The van der Waals surface area contributed by atoms with E-state index in [-0.39, 0.29) is 27.5 Å². The highest BCUT2D eigenvalue weighted by atomic mass is 35.5. The maximum absolute atomic E-state index is 12.5. The molecule has 0 spiro atoms. The summed E-state index contributed by atoms with van der Waals surface area (Å²) in [6, 6.07) is 4.64. The molecule has 1 N–H and O–H groups in total. The largest absolute Gasteiger partial charge is 0.396 e. The zero-order chi connectivity index (χ0) is 14.0. The first kappa shape index (κ1) is 15.1. The summed E-state index contributed by atoms with van der Waals surface area (Å²) in [7, 11) is -3.66. The topological polar surface area (TPSA) is 57.6 Å². The van der Waals surface area contributed by atoms with Crippen molar-refractivity contribution >= 4 is 33.2 Å². The van der Waals surface area contributed by atoms with Crippen molar-refractivity contribution in [3.05, 3.63) is 28.2 Å². The van der Waals surface area contributed by atoms with Gasteiger partial charge in [-0.05, 0) is 30.9 Å². The first-order valence-electron chi connectivity index (χ1n) is 6.02. The van der Waals surface area contributed by atoms with Crippen LogP contribution in [0.2, 0.25) is 10.0 Å². The van der Waals surface area contributed by atoms with Crippen molar-refractivity contribution in [2.75, 3.05) is 19.7 Å². The van der Waals surface area contributed by atoms with Crippen molar-refractivity contribution in [3.63, 3.8) is 0 Å². The Labute approximate surface area is 123 Å². The van der Waals surface area contributed by atoms with E-state index in [2.05, 4.69) is 0 Å². The third kappa shape index (κ3) is 3.06. The third-order valence-corrected chi connectivity index (χ3v) is 6.12. The molecule has 1 heterocycles. The van der Waals surface area contributed by atoms with Crippen LogP contribution >= 0.6 is 23.2 Å². The van der Waals surface area contributed by atoms with Crippen LogP contribution in [-0.2, 0) is 10.0 Å². The molecule has 0 aliphatic carbocycles. The average molecular weight is 324 g/mol. The van der Waals surface area contributed by atoms with Gasteiger partial charge in [0.15, 0.2) is 0 Å². The van der Waals surface area contributed by atoms with E-state index in [1.807, 2.05) is 0 Å². The standard InChI is InChI=1S/C12H15Cl2NO3S/c13-10-2-1-3-11(14)12(10)19(17,18)15-6-4-9(8-15)5-7-16/h1-3,9,16H,4-8H2. The molecule has 1 saturated heterocycles. The highest BCUT2D eigenvalue weighted by Crippen LogP contribution is 2.34. The molecule has 2 rings (SSSR count). The van der Waals surface area contributed by atoms with Gasteiger partial charge in [-0.25, -0.2) is 8.42 Å². The lowest BCUT2D eigenvalue weighted by atomic mass is 10.1. The average Bonchev–Trinajstić information content (AvgIpc) is 2.78. The van der Waals surface area contributed by atoms with Crippen molar-refractivity contribution in [3.8, 4) is 0 Å². The Kier molecular flexibility index (Phi) is 4.74. The summed E-state index contributed by atoms with van der Waals surface area (Å²) in [6.45, 7) is 0.921. The fourth-order valence-electron chi connectivity index (χ4n) is 2.29. The van der Waals surface area contributed by atoms with Crippen LogP contribution in [0.3, 0.4) is 0 Å². The summed E-state index contributed by atoms with van der Waals surface area (Å²) in [5.74, 6) is 0.195. The first-order chi connectivity index (χ1) is 8.96. The van der Waals surface area contributed by atoms with Crippen LogP contribution in [-0.4, -0.2) is 37.5 Å². The predicted molar refractivity (Wildman–Crippen MR) is 75.0 cm³/mol. The number of hydrogen-bond acceptors (Lipinski definition) is 3. The highest BCUT2D eigenvalue weighted by Gasteiger charge is 2.34. The molecule has 0 bridgehead atoms. The lowest BCUT2D eigenvalue weighted by Gasteiger charge is -2.18. The smallest absolute Gasteiger partial charge is 0.246 e. The zero-order valence-electron chi connectivity index (χ0n) is 10.2. The molecule has 1 fully saturated rings. The van der Waals surface area contributed by atoms with Gasteiger partial charge in [-0.3, -0.25) is 0 Å². The summed E-state index contributed by atoms with van der Waals surface area (Å²) >= 11 is 11.9. The van der Waals surface area contributed by atoms with Crippen LogP contribution in [0, 0.1) is 5.92 Å². The number of sulfonamides is 1. The van der Waals surface area contributed by atoms with E-state index >= 15 is 0 Å². The Bertz CT molecular complexity index is 542. The fourth-order valence-corrected chi connectivity index (χ4v) is 4.91. The van der Waals surface area contributed by atoms with Gasteiger partial charge >= 0.3 is 0 Å². The maximum atomic E-state index is 12.5. The number of nitrogens with zero attached hydrogens (tertiary/aromatic N) is 1. The van der Waals surface area contributed by atoms with Gasteiger partial charge in [0.1, 0.15) is 4.90 Å².